The minimum Gasteiger partial charge on any atom is -0.267 e. The van der Waals surface area contributed by atoms with Crippen molar-refractivity contribution < 1.29 is 9.59 Å². The summed E-state index contributed by atoms with van der Waals surface area (Å²) in [6, 6.07) is 7.15. The van der Waals surface area contributed by atoms with Gasteiger partial charge in [-0.15, -0.1) is 11.3 Å². The van der Waals surface area contributed by atoms with Gasteiger partial charge in [-0.1, -0.05) is 18.2 Å². The Bertz CT molecular complexity index is 622. The van der Waals surface area contributed by atoms with E-state index in [0.717, 1.165) is 10.6 Å². The third-order valence-electron chi connectivity index (χ3n) is 2.53. The molecule has 0 spiro atoms. The smallest absolute Gasteiger partial charge is 0.267 e. The molecule has 0 radical (unpaired) electrons. The lowest BCUT2D eigenvalue weighted by atomic mass is 10.1. The normalized spacial score (nSPS) is 10.0. The van der Waals surface area contributed by atoms with Gasteiger partial charge in [0.15, 0.2) is 0 Å². The van der Waals surface area contributed by atoms with Crippen LogP contribution < -0.4 is 10.9 Å². The molecule has 6 heteroatoms. The molecule has 1 aromatic carbocycles. The Morgan fingerprint density at radius 3 is 2.42 bits per heavy atom. The molecule has 0 atom stereocenters. The molecule has 0 aliphatic heterocycles. The van der Waals surface area contributed by atoms with E-state index in [2.05, 4.69) is 15.8 Å². The molecule has 0 aliphatic carbocycles. The summed E-state index contributed by atoms with van der Waals surface area (Å²) in [6.45, 7) is 3.65. The molecule has 0 unspecified atom stereocenters. The maximum atomic E-state index is 11.9. The van der Waals surface area contributed by atoms with Crippen LogP contribution in [0.25, 0.3) is 0 Å². The first-order chi connectivity index (χ1) is 9.08. The predicted octanol–water partition coefficient (Wildman–Crippen LogP) is 1.83. The number of nitrogens with one attached hydrogen (secondary N) is 2. The van der Waals surface area contributed by atoms with Crippen LogP contribution in [0.3, 0.4) is 0 Å². The van der Waals surface area contributed by atoms with E-state index in [1.807, 2.05) is 26.0 Å². The van der Waals surface area contributed by atoms with Gasteiger partial charge >= 0.3 is 0 Å². The van der Waals surface area contributed by atoms with Crippen LogP contribution in [0.15, 0.2) is 29.6 Å². The van der Waals surface area contributed by atoms with Crippen molar-refractivity contribution in [2.24, 2.45) is 0 Å². The first-order valence-electron chi connectivity index (χ1n) is 5.66. The monoisotopic (exact) mass is 275 g/mol. The van der Waals surface area contributed by atoms with E-state index in [9.17, 15) is 9.59 Å². The molecule has 0 bridgehead atoms. The maximum absolute atomic E-state index is 11.9. The highest BCUT2D eigenvalue weighted by molar-refractivity contribution is 7.09. The van der Waals surface area contributed by atoms with E-state index < -0.39 is 5.91 Å². The molecule has 1 aromatic heterocycles. The first kappa shape index (κ1) is 13.2. The standard InChI is InChI=1S/C13H13N3O2S/c1-8-5-3-4-6-10(8)12(17)15-16-13(18)11-7-19-9(2)14-11/h3-7H,1-2H3,(H,15,17)(H,16,18). The second kappa shape index (κ2) is 5.62. The fourth-order valence-corrected chi connectivity index (χ4v) is 2.13. The zero-order chi connectivity index (χ0) is 13.8. The van der Waals surface area contributed by atoms with Crippen LogP contribution in [0.5, 0.6) is 0 Å². The lowest BCUT2D eigenvalue weighted by Crippen LogP contribution is -2.42. The molecule has 5 nitrogen and oxygen atoms in total. The average Bonchev–Trinajstić information content (AvgIpc) is 2.83. The highest BCUT2D eigenvalue weighted by atomic mass is 32.1. The quantitative estimate of drug-likeness (QED) is 0.821. The number of carbonyl (C=O) groups excluding carboxylic acids is 2. The number of aryl methyl sites for hydroxylation is 2. The van der Waals surface area contributed by atoms with Crippen molar-refractivity contribution in [3.05, 3.63) is 51.5 Å². The third kappa shape index (κ3) is 3.17. The number of carbonyl (C=O) groups is 2. The van der Waals surface area contributed by atoms with Crippen LogP contribution in [-0.4, -0.2) is 16.8 Å². The number of amides is 2. The Hall–Kier alpha value is -2.21. The van der Waals surface area contributed by atoms with E-state index in [-0.39, 0.29) is 5.91 Å². The third-order valence-corrected chi connectivity index (χ3v) is 3.30. The van der Waals surface area contributed by atoms with Gasteiger partial charge in [0.1, 0.15) is 5.69 Å². The summed E-state index contributed by atoms with van der Waals surface area (Å²) in [5.74, 6) is -0.773. The van der Waals surface area contributed by atoms with Gasteiger partial charge in [0.05, 0.1) is 5.01 Å². The zero-order valence-corrected chi connectivity index (χ0v) is 11.4. The molecule has 0 aliphatic rings. The summed E-state index contributed by atoms with van der Waals surface area (Å²) >= 11 is 1.38. The van der Waals surface area contributed by atoms with Crippen LogP contribution in [0, 0.1) is 13.8 Å². The number of rotatable bonds is 2. The molecular weight excluding hydrogens is 262 g/mol. The zero-order valence-electron chi connectivity index (χ0n) is 10.6. The maximum Gasteiger partial charge on any atom is 0.289 e. The summed E-state index contributed by atoms with van der Waals surface area (Å²) < 4.78 is 0. The fraction of sp³-hybridized carbons (Fsp3) is 0.154. The highest BCUT2D eigenvalue weighted by Gasteiger charge is 2.12. The van der Waals surface area contributed by atoms with Gasteiger partial charge in [-0.25, -0.2) is 4.98 Å². The number of hydrazine groups is 1. The predicted molar refractivity (Wildman–Crippen MR) is 73.0 cm³/mol. The molecule has 1 heterocycles. The molecule has 0 saturated heterocycles. The van der Waals surface area contributed by atoms with Crippen LogP contribution in [-0.2, 0) is 0 Å². The summed E-state index contributed by atoms with van der Waals surface area (Å²) in [4.78, 5) is 27.6. The largest absolute Gasteiger partial charge is 0.289 e. The van der Waals surface area contributed by atoms with Gasteiger partial charge in [0.25, 0.3) is 11.8 Å². The van der Waals surface area contributed by atoms with Gasteiger partial charge in [-0.2, -0.15) is 0 Å². The second-order valence-corrected chi connectivity index (χ2v) is 5.04. The fourth-order valence-electron chi connectivity index (χ4n) is 1.54. The molecule has 2 aromatic rings. The van der Waals surface area contributed by atoms with Crippen molar-refractivity contribution in [3.8, 4) is 0 Å². The topological polar surface area (TPSA) is 71.1 Å². The number of nitrogens with zero attached hydrogens (tertiary/aromatic N) is 1. The van der Waals surface area contributed by atoms with Gasteiger partial charge in [0.2, 0.25) is 0 Å². The van der Waals surface area contributed by atoms with E-state index >= 15 is 0 Å². The SMILES string of the molecule is Cc1nc(C(=O)NNC(=O)c2ccccc2C)cs1. The second-order valence-electron chi connectivity index (χ2n) is 3.97. The number of hydrogen-bond acceptors (Lipinski definition) is 4. The van der Waals surface area contributed by atoms with E-state index in [0.29, 0.717) is 11.3 Å². The van der Waals surface area contributed by atoms with E-state index in [4.69, 9.17) is 0 Å². The lowest BCUT2D eigenvalue weighted by Gasteiger charge is -2.07. The number of benzene rings is 1. The van der Waals surface area contributed by atoms with Crippen LogP contribution >= 0.6 is 11.3 Å². The Labute approximate surface area is 114 Å². The summed E-state index contributed by atoms with van der Waals surface area (Å²) in [6.07, 6.45) is 0. The van der Waals surface area contributed by atoms with Crippen molar-refractivity contribution >= 4 is 23.2 Å². The highest BCUT2D eigenvalue weighted by Crippen LogP contribution is 2.08. The molecular formula is C13H13N3O2S. The van der Waals surface area contributed by atoms with Crippen LogP contribution in [0.1, 0.15) is 31.4 Å². The Kier molecular flexibility index (Phi) is 3.91. The molecule has 2 N–H and O–H groups in total. The van der Waals surface area contributed by atoms with Gasteiger partial charge in [0, 0.05) is 10.9 Å². The van der Waals surface area contributed by atoms with Gasteiger partial charge < -0.3 is 0 Å². The van der Waals surface area contributed by atoms with Gasteiger partial charge in [-0.3, -0.25) is 20.4 Å². The van der Waals surface area contributed by atoms with Crippen LogP contribution in [0.4, 0.5) is 0 Å². The number of thiazole rings is 1. The first-order valence-corrected chi connectivity index (χ1v) is 6.54. The number of aromatic nitrogens is 1. The van der Waals surface area contributed by atoms with E-state index in [1.165, 1.54) is 11.3 Å². The van der Waals surface area contributed by atoms with Crippen molar-refractivity contribution in [1.82, 2.24) is 15.8 Å². The minimum absolute atomic E-state index is 0.299. The Morgan fingerprint density at radius 2 is 1.79 bits per heavy atom. The van der Waals surface area contributed by atoms with Crippen molar-refractivity contribution in [2.45, 2.75) is 13.8 Å². The lowest BCUT2D eigenvalue weighted by molar-refractivity contribution is 0.0844. The van der Waals surface area contributed by atoms with Crippen molar-refractivity contribution in [3.63, 3.8) is 0 Å². The molecule has 0 saturated carbocycles. The van der Waals surface area contributed by atoms with Crippen molar-refractivity contribution in [2.75, 3.05) is 0 Å². The number of hydrogen-bond donors (Lipinski definition) is 2. The molecule has 2 rings (SSSR count). The minimum atomic E-state index is -0.425. The summed E-state index contributed by atoms with van der Waals surface area (Å²) in [7, 11) is 0. The molecule has 2 amide bonds. The Morgan fingerprint density at radius 1 is 1.11 bits per heavy atom. The molecule has 19 heavy (non-hydrogen) atoms. The molecule has 98 valence electrons. The Balaban J connectivity index is 1.98. The summed E-state index contributed by atoms with van der Waals surface area (Å²) in [5, 5.41) is 2.44. The van der Waals surface area contributed by atoms with E-state index in [1.54, 1.807) is 17.5 Å². The van der Waals surface area contributed by atoms with Crippen LogP contribution in [0.2, 0.25) is 0 Å². The summed E-state index contributed by atoms with van der Waals surface area (Å²) in [5.41, 5.74) is 6.39. The molecule has 0 fully saturated rings. The average molecular weight is 275 g/mol. The van der Waals surface area contributed by atoms with Crippen molar-refractivity contribution in [1.29, 1.82) is 0 Å². The van der Waals surface area contributed by atoms with Gasteiger partial charge in [-0.05, 0) is 25.5 Å².